The molecular weight excluding hydrogens is 390 g/mol. The van der Waals surface area contributed by atoms with Crippen LogP contribution in [0.4, 0.5) is 14.5 Å². The molecule has 0 saturated carbocycles. The molecule has 0 spiro atoms. The summed E-state index contributed by atoms with van der Waals surface area (Å²) in [5.74, 6) is -0.142. The number of alkyl halides is 2. The number of carbonyl (C=O) groups excluding carboxylic acids is 1. The van der Waals surface area contributed by atoms with E-state index in [-0.39, 0.29) is 23.7 Å². The van der Waals surface area contributed by atoms with Crippen LogP contribution in [0, 0.1) is 11.3 Å². The van der Waals surface area contributed by atoms with E-state index in [1.54, 1.807) is 35.4 Å². The van der Waals surface area contributed by atoms with Crippen molar-refractivity contribution in [1.29, 1.82) is 5.26 Å². The van der Waals surface area contributed by atoms with Gasteiger partial charge in [-0.3, -0.25) is 14.7 Å². The second-order valence-corrected chi connectivity index (χ2v) is 7.27. The highest BCUT2D eigenvalue weighted by atomic mass is 19.3. The highest BCUT2D eigenvalue weighted by molar-refractivity contribution is 6.06. The van der Waals surface area contributed by atoms with Gasteiger partial charge in [0.25, 0.3) is 5.91 Å². The van der Waals surface area contributed by atoms with Gasteiger partial charge in [0.2, 0.25) is 0 Å². The van der Waals surface area contributed by atoms with Gasteiger partial charge in [0.05, 0.1) is 18.1 Å². The largest absolute Gasteiger partial charge is 0.435 e. The van der Waals surface area contributed by atoms with Gasteiger partial charge in [-0.05, 0) is 56.2 Å². The van der Waals surface area contributed by atoms with Gasteiger partial charge < -0.3 is 9.64 Å². The molecule has 6 nitrogen and oxygen atoms in total. The Kier molecular flexibility index (Phi) is 7.31. The van der Waals surface area contributed by atoms with Gasteiger partial charge in [-0.25, -0.2) is 0 Å². The number of pyridine rings is 1. The van der Waals surface area contributed by atoms with Gasteiger partial charge in [0.15, 0.2) is 0 Å². The summed E-state index contributed by atoms with van der Waals surface area (Å²) in [6.45, 7) is 0.682. The highest BCUT2D eigenvalue weighted by Crippen LogP contribution is 2.28. The third-order valence-corrected chi connectivity index (χ3v) is 5.34. The molecule has 1 aromatic carbocycles. The van der Waals surface area contributed by atoms with E-state index in [0.717, 1.165) is 25.9 Å². The van der Waals surface area contributed by atoms with Gasteiger partial charge in [-0.2, -0.15) is 14.0 Å². The molecule has 158 valence electrons. The third-order valence-electron chi connectivity index (χ3n) is 5.34. The Labute approximate surface area is 174 Å². The predicted octanol–water partition coefficient (Wildman–Crippen LogP) is 4.10. The van der Waals surface area contributed by atoms with Crippen molar-refractivity contribution in [3.63, 3.8) is 0 Å². The van der Waals surface area contributed by atoms with Crippen molar-refractivity contribution >= 4 is 11.6 Å². The lowest BCUT2D eigenvalue weighted by atomic mass is 9.99. The van der Waals surface area contributed by atoms with Crippen molar-refractivity contribution in [2.24, 2.45) is 0 Å². The van der Waals surface area contributed by atoms with Crippen molar-refractivity contribution < 1.29 is 18.3 Å². The maximum absolute atomic E-state index is 13.3. The van der Waals surface area contributed by atoms with Crippen molar-refractivity contribution in [2.45, 2.75) is 44.9 Å². The number of anilines is 1. The van der Waals surface area contributed by atoms with Crippen LogP contribution >= 0.6 is 0 Å². The van der Waals surface area contributed by atoms with E-state index in [2.05, 4.69) is 20.7 Å². The minimum Gasteiger partial charge on any atom is -0.435 e. The van der Waals surface area contributed by atoms with Crippen LogP contribution in [-0.4, -0.2) is 47.6 Å². The van der Waals surface area contributed by atoms with E-state index in [0.29, 0.717) is 17.7 Å². The minimum absolute atomic E-state index is 0.0441. The molecular formula is C22H24F2N4O2. The average molecular weight is 414 g/mol. The van der Waals surface area contributed by atoms with E-state index in [9.17, 15) is 13.6 Å². The fraction of sp³-hybridized carbons (Fsp3) is 0.409. The smallest absolute Gasteiger partial charge is 0.387 e. The zero-order valence-electron chi connectivity index (χ0n) is 16.7. The number of amides is 1. The van der Waals surface area contributed by atoms with Crippen molar-refractivity contribution in [1.82, 2.24) is 9.88 Å². The van der Waals surface area contributed by atoms with Crippen molar-refractivity contribution in [3.05, 3.63) is 54.4 Å². The molecule has 0 aliphatic carbocycles. The second-order valence-electron chi connectivity index (χ2n) is 7.27. The molecule has 1 amide bonds. The number of piperidine rings is 1. The van der Waals surface area contributed by atoms with Crippen LogP contribution in [0.2, 0.25) is 0 Å². The van der Waals surface area contributed by atoms with Gasteiger partial charge in [-0.15, -0.1) is 0 Å². The number of aromatic nitrogens is 1. The van der Waals surface area contributed by atoms with Crippen LogP contribution in [0.5, 0.6) is 5.75 Å². The Morgan fingerprint density at radius 2 is 2.00 bits per heavy atom. The van der Waals surface area contributed by atoms with Crippen LogP contribution < -0.4 is 9.64 Å². The number of carbonyl (C=O) groups is 1. The summed E-state index contributed by atoms with van der Waals surface area (Å²) >= 11 is 0. The number of likely N-dealkylation sites (tertiary alicyclic amines) is 1. The molecule has 2 heterocycles. The summed E-state index contributed by atoms with van der Waals surface area (Å²) in [5.41, 5.74) is 1.08. The molecule has 1 aromatic heterocycles. The highest BCUT2D eigenvalue weighted by Gasteiger charge is 2.31. The molecule has 1 aliphatic rings. The molecule has 3 rings (SSSR count). The summed E-state index contributed by atoms with van der Waals surface area (Å²) < 4.78 is 29.3. The maximum atomic E-state index is 13.3. The van der Waals surface area contributed by atoms with Crippen LogP contribution in [0.15, 0.2) is 48.8 Å². The fourth-order valence-electron chi connectivity index (χ4n) is 3.76. The molecule has 2 aromatic rings. The zero-order valence-corrected chi connectivity index (χ0v) is 16.7. The van der Waals surface area contributed by atoms with Crippen LogP contribution in [0.1, 0.15) is 36.5 Å². The van der Waals surface area contributed by atoms with Crippen LogP contribution in [-0.2, 0) is 0 Å². The number of rotatable bonds is 7. The number of nitrogens with zero attached hydrogens (tertiary/aromatic N) is 4. The third kappa shape index (κ3) is 5.30. The first kappa shape index (κ1) is 21.7. The molecule has 0 unspecified atom stereocenters. The lowest BCUT2D eigenvalue weighted by Crippen LogP contribution is -2.49. The quantitative estimate of drug-likeness (QED) is 0.682. The molecule has 1 atom stereocenters. The zero-order chi connectivity index (χ0) is 21.5. The van der Waals surface area contributed by atoms with Gasteiger partial charge in [0.1, 0.15) is 5.75 Å². The van der Waals surface area contributed by atoms with Crippen LogP contribution in [0.3, 0.4) is 0 Å². The normalized spacial score (nSPS) is 16.1. The lowest BCUT2D eigenvalue weighted by Gasteiger charge is -2.40. The first-order valence-corrected chi connectivity index (χ1v) is 9.89. The Morgan fingerprint density at radius 1 is 1.30 bits per heavy atom. The van der Waals surface area contributed by atoms with Crippen molar-refractivity contribution in [3.8, 4) is 11.8 Å². The summed E-state index contributed by atoms with van der Waals surface area (Å²) in [7, 11) is 0. The standard InChI is InChI=1S/C22H24F2N4O2/c1-16(8-11-25)27-13-9-19(10-14-27)28(21(29)17-3-2-12-26-15-17)18-4-6-20(7-5-18)30-22(23)24/h2-7,12,15-16,19,22H,8-10,13-14H2,1H3/t16-/m1/s1. The number of halogens is 2. The number of ether oxygens (including phenoxy) is 1. The Hall–Kier alpha value is -3.05. The number of benzene rings is 1. The molecule has 30 heavy (non-hydrogen) atoms. The van der Waals surface area contributed by atoms with E-state index in [4.69, 9.17) is 5.26 Å². The Bertz CT molecular complexity index is 863. The lowest BCUT2D eigenvalue weighted by molar-refractivity contribution is -0.0498. The average Bonchev–Trinajstić information content (AvgIpc) is 2.76. The number of hydrogen-bond acceptors (Lipinski definition) is 5. The molecule has 0 bridgehead atoms. The molecule has 0 N–H and O–H groups in total. The molecule has 1 saturated heterocycles. The molecule has 8 heteroatoms. The van der Waals surface area contributed by atoms with E-state index >= 15 is 0 Å². The van der Waals surface area contributed by atoms with E-state index < -0.39 is 6.61 Å². The maximum Gasteiger partial charge on any atom is 0.387 e. The van der Waals surface area contributed by atoms with E-state index in [1.165, 1.54) is 18.3 Å². The van der Waals surface area contributed by atoms with Gasteiger partial charge >= 0.3 is 6.61 Å². The summed E-state index contributed by atoms with van der Waals surface area (Å²) in [6.07, 6.45) is 5.09. The topological polar surface area (TPSA) is 69.5 Å². The first-order chi connectivity index (χ1) is 14.5. The van der Waals surface area contributed by atoms with Crippen LogP contribution in [0.25, 0.3) is 0 Å². The van der Waals surface area contributed by atoms with E-state index in [1.807, 2.05) is 6.92 Å². The molecule has 1 aliphatic heterocycles. The monoisotopic (exact) mass is 414 g/mol. The number of hydrogen-bond donors (Lipinski definition) is 0. The summed E-state index contributed by atoms with van der Waals surface area (Å²) in [6, 6.07) is 11.9. The first-order valence-electron chi connectivity index (χ1n) is 9.89. The summed E-state index contributed by atoms with van der Waals surface area (Å²) in [5, 5.41) is 8.94. The van der Waals surface area contributed by atoms with Gasteiger partial charge in [0, 0.05) is 43.3 Å². The fourth-order valence-corrected chi connectivity index (χ4v) is 3.76. The second kappa shape index (κ2) is 10.1. The minimum atomic E-state index is -2.90. The number of nitriles is 1. The Morgan fingerprint density at radius 3 is 2.57 bits per heavy atom. The van der Waals surface area contributed by atoms with Crippen molar-refractivity contribution in [2.75, 3.05) is 18.0 Å². The molecule has 1 fully saturated rings. The molecule has 0 radical (unpaired) electrons. The summed E-state index contributed by atoms with van der Waals surface area (Å²) in [4.78, 5) is 21.3. The SMILES string of the molecule is C[C@H](CC#N)N1CCC(N(C(=O)c2cccnc2)c2ccc(OC(F)F)cc2)CC1. The van der Waals surface area contributed by atoms with Gasteiger partial charge in [-0.1, -0.05) is 0 Å². The predicted molar refractivity (Wildman–Crippen MR) is 108 cm³/mol. The Balaban J connectivity index is 1.82.